The minimum atomic E-state index is -0.553. The second-order valence-electron chi connectivity index (χ2n) is 16.4. The molecule has 2 atom stereocenters. The van der Waals surface area contributed by atoms with E-state index in [-0.39, 0.29) is 30.3 Å². The number of hydrogen-bond donors (Lipinski definition) is 2. The van der Waals surface area contributed by atoms with E-state index < -0.39 is 6.04 Å². The number of carbonyl (C=O) groups is 3. The summed E-state index contributed by atoms with van der Waals surface area (Å²) in [5.41, 5.74) is 0. The zero-order valence-electron chi connectivity index (χ0n) is 36.4. The van der Waals surface area contributed by atoms with E-state index in [9.17, 15) is 19.5 Å². The smallest absolute Gasteiger partial charge is 0.306 e. The Kier molecular flexibility index (Phi) is 35.9. The molecule has 0 aromatic heterocycles. The van der Waals surface area contributed by atoms with Crippen LogP contribution >= 0.6 is 11.8 Å². The molecular formula is C46H89N3O5S. The van der Waals surface area contributed by atoms with Crippen LogP contribution in [0.25, 0.3) is 0 Å². The van der Waals surface area contributed by atoms with Gasteiger partial charge in [0.15, 0.2) is 0 Å². The van der Waals surface area contributed by atoms with Crippen molar-refractivity contribution in [2.45, 2.75) is 213 Å². The Morgan fingerprint density at radius 3 is 1.53 bits per heavy atom. The number of nitrogens with zero attached hydrogens (tertiary/aromatic N) is 2. The second kappa shape index (κ2) is 38.2. The maximum absolute atomic E-state index is 13.9. The molecule has 1 fully saturated rings. The summed E-state index contributed by atoms with van der Waals surface area (Å²) in [6.45, 7) is 10.7. The van der Waals surface area contributed by atoms with E-state index in [1.165, 1.54) is 135 Å². The predicted molar refractivity (Wildman–Crippen MR) is 235 cm³/mol. The number of aliphatic hydroxyl groups excluding tert-OH is 1. The number of β-amino-alcohol motifs (C(OH)–C–C–N with tert-alkyl or cyclic N) is 1. The van der Waals surface area contributed by atoms with Crippen LogP contribution in [0.1, 0.15) is 207 Å². The van der Waals surface area contributed by atoms with Crippen LogP contribution in [0.4, 0.5) is 0 Å². The fraction of sp³-hybridized carbons (Fsp3) is 0.935. The van der Waals surface area contributed by atoms with Crippen molar-refractivity contribution in [3.8, 4) is 0 Å². The van der Waals surface area contributed by atoms with Crippen molar-refractivity contribution in [2.24, 2.45) is 5.92 Å². The number of esters is 1. The molecule has 2 N–H and O–H groups in total. The standard InChI is InChI=1S/C46H89N3O5S/c1-4-7-10-13-16-18-19-20-22-25-28-39-54-44(51)32-41-55-40-31-43(46(53)49-35-33-48(34-36-49)37-38-50)47-45(52)42(29-26-23-15-12-9-6-3)30-27-24-21-17-14-11-8-5-2/h42-43,50H,4-41H2,1-3H3,(H,47,52). The lowest BCUT2D eigenvalue weighted by Crippen LogP contribution is -2.56. The van der Waals surface area contributed by atoms with Crippen LogP contribution in [-0.4, -0.2) is 96.2 Å². The van der Waals surface area contributed by atoms with Crippen LogP contribution in [0.3, 0.4) is 0 Å². The summed E-state index contributed by atoms with van der Waals surface area (Å²) in [5.74, 6) is 1.22. The molecule has 0 spiro atoms. The second-order valence-corrected chi connectivity index (χ2v) is 17.6. The van der Waals surface area contributed by atoms with Crippen molar-refractivity contribution < 1.29 is 24.2 Å². The van der Waals surface area contributed by atoms with Gasteiger partial charge in [-0.3, -0.25) is 19.3 Å². The zero-order valence-corrected chi connectivity index (χ0v) is 37.2. The Balaban J connectivity index is 2.58. The molecule has 0 radical (unpaired) electrons. The lowest BCUT2D eigenvalue weighted by Gasteiger charge is -2.36. The molecule has 0 bridgehead atoms. The monoisotopic (exact) mass is 796 g/mol. The molecule has 0 aliphatic carbocycles. The zero-order chi connectivity index (χ0) is 40.0. The molecule has 0 aromatic rings. The molecule has 8 nitrogen and oxygen atoms in total. The van der Waals surface area contributed by atoms with E-state index >= 15 is 0 Å². The number of nitrogens with one attached hydrogen (secondary N) is 1. The number of unbranched alkanes of at least 4 members (excludes halogenated alkanes) is 22. The fourth-order valence-electron chi connectivity index (χ4n) is 7.69. The van der Waals surface area contributed by atoms with E-state index in [0.29, 0.717) is 50.6 Å². The summed E-state index contributed by atoms with van der Waals surface area (Å²) >= 11 is 1.67. The van der Waals surface area contributed by atoms with Crippen molar-refractivity contribution in [1.82, 2.24) is 15.1 Å². The van der Waals surface area contributed by atoms with Crippen LogP contribution in [0.2, 0.25) is 0 Å². The summed E-state index contributed by atoms with van der Waals surface area (Å²) in [4.78, 5) is 44.3. The molecule has 2 amide bonds. The third kappa shape index (κ3) is 29.5. The van der Waals surface area contributed by atoms with E-state index in [1.54, 1.807) is 11.8 Å². The molecule has 1 aliphatic rings. The van der Waals surface area contributed by atoms with Gasteiger partial charge in [0.1, 0.15) is 6.04 Å². The summed E-state index contributed by atoms with van der Waals surface area (Å²) in [6, 6.07) is -0.553. The van der Waals surface area contributed by atoms with Gasteiger partial charge in [-0.05, 0) is 31.4 Å². The summed E-state index contributed by atoms with van der Waals surface area (Å²) in [5, 5.41) is 12.6. The van der Waals surface area contributed by atoms with Crippen molar-refractivity contribution >= 4 is 29.5 Å². The van der Waals surface area contributed by atoms with Gasteiger partial charge < -0.3 is 20.1 Å². The van der Waals surface area contributed by atoms with Crippen LogP contribution in [-0.2, 0) is 19.1 Å². The number of aliphatic hydroxyl groups is 1. The SMILES string of the molecule is CCCCCCCCCCCCCOC(=O)CCSCCC(NC(=O)C(CCCCCCCC)CCCCCCCCCC)C(=O)N1CCN(CCO)CC1. The van der Waals surface area contributed by atoms with E-state index in [0.717, 1.165) is 51.6 Å². The predicted octanol–water partition coefficient (Wildman–Crippen LogP) is 10.9. The normalized spacial score (nSPS) is 14.6. The van der Waals surface area contributed by atoms with Crippen LogP contribution in [0, 0.1) is 5.92 Å². The number of rotatable bonds is 39. The number of ether oxygens (including phenoxy) is 1. The Morgan fingerprint density at radius 2 is 1.05 bits per heavy atom. The number of carbonyl (C=O) groups excluding carboxylic acids is 3. The Morgan fingerprint density at radius 1 is 0.600 bits per heavy atom. The van der Waals surface area contributed by atoms with Gasteiger partial charge in [0.05, 0.1) is 19.6 Å². The third-order valence-corrected chi connectivity index (χ3v) is 12.4. The van der Waals surface area contributed by atoms with Crippen LogP contribution < -0.4 is 5.32 Å². The topological polar surface area (TPSA) is 99.2 Å². The molecule has 324 valence electrons. The largest absolute Gasteiger partial charge is 0.466 e. The van der Waals surface area contributed by atoms with Gasteiger partial charge in [0, 0.05) is 44.4 Å². The maximum Gasteiger partial charge on any atom is 0.306 e. The number of amides is 2. The van der Waals surface area contributed by atoms with Crippen LogP contribution in [0.15, 0.2) is 0 Å². The van der Waals surface area contributed by atoms with Gasteiger partial charge in [-0.1, -0.05) is 175 Å². The van der Waals surface area contributed by atoms with Gasteiger partial charge in [-0.25, -0.2) is 0 Å². The van der Waals surface area contributed by atoms with Gasteiger partial charge in [-0.2, -0.15) is 11.8 Å². The summed E-state index contributed by atoms with van der Waals surface area (Å²) in [7, 11) is 0. The molecule has 1 heterocycles. The number of thioether (sulfide) groups is 1. The first kappa shape index (κ1) is 51.7. The highest BCUT2D eigenvalue weighted by molar-refractivity contribution is 7.99. The van der Waals surface area contributed by atoms with Gasteiger partial charge in [0.2, 0.25) is 11.8 Å². The Hall–Kier alpha value is -1.32. The lowest BCUT2D eigenvalue weighted by atomic mass is 9.92. The van der Waals surface area contributed by atoms with Gasteiger partial charge in [-0.15, -0.1) is 0 Å². The first-order valence-corrected chi connectivity index (χ1v) is 24.8. The highest BCUT2D eigenvalue weighted by Gasteiger charge is 2.30. The van der Waals surface area contributed by atoms with Crippen LogP contribution in [0.5, 0.6) is 0 Å². The van der Waals surface area contributed by atoms with Gasteiger partial charge >= 0.3 is 5.97 Å². The molecule has 9 heteroatoms. The molecule has 1 rings (SSSR count). The summed E-state index contributed by atoms with van der Waals surface area (Å²) in [6.07, 6.45) is 34.0. The maximum atomic E-state index is 13.9. The number of hydrogen-bond acceptors (Lipinski definition) is 7. The fourth-order valence-corrected chi connectivity index (χ4v) is 8.60. The quantitative estimate of drug-likeness (QED) is 0.0472. The highest BCUT2D eigenvalue weighted by atomic mass is 32.2. The Bertz CT molecular complexity index is 901. The molecule has 0 saturated carbocycles. The van der Waals surface area contributed by atoms with Crippen molar-refractivity contribution in [3.05, 3.63) is 0 Å². The lowest BCUT2D eigenvalue weighted by molar-refractivity contribution is -0.143. The van der Waals surface area contributed by atoms with Crippen molar-refractivity contribution in [2.75, 3.05) is 57.4 Å². The molecule has 2 unspecified atom stereocenters. The Labute approximate surface area is 344 Å². The first-order chi connectivity index (χ1) is 27.0. The number of piperazine rings is 1. The van der Waals surface area contributed by atoms with Gasteiger partial charge in [0.25, 0.3) is 0 Å². The van der Waals surface area contributed by atoms with E-state index in [1.807, 2.05) is 4.90 Å². The average Bonchev–Trinajstić information content (AvgIpc) is 3.19. The third-order valence-electron chi connectivity index (χ3n) is 11.4. The molecule has 0 aromatic carbocycles. The van der Waals surface area contributed by atoms with Crippen molar-refractivity contribution in [1.29, 1.82) is 0 Å². The molecule has 1 aliphatic heterocycles. The van der Waals surface area contributed by atoms with E-state index in [4.69, 9.17) is 4.74 Å². The molecule has 1 saturated heterocycles. The average molecular weight is 796 g/mol. The highest BCUT2D eigenvalue weighted by Crippen LogP contribution is 2.21. The van der Waals surface area contributed by atoms with E-state index in [2.05, 4.69) is 31.0 Å². The van der Waals surface area contributed by atoms with Crippen molar-refractivity contribution in [3.63, 3.8) is 0 Å². The summed E-state index contributed by atoms with van der Waals surface area (Å²) < 4.78 is 5.51. The molecular weight excluding hydrogens is 707 g/mol. The first-order valence-electron chi connectivity index (χ1n) is 23.6. The minimum Gasteiger partial charge on any atom is -0.466 e. The minimum absolute atomic E-state index is 0.00868. The molecule has 55 heavy (non-hydrogen) atoms.